The minimum Gasteiger partial charge on any atom is -0.477 e. The number of anilines is 1. The number of nitrogens with zero attached hydrogens (tertiary/aromatic N) is 2. The fourth-order valence-electron chi connectivity index (χ4n) is 2.32. The van der Waals surface area contributed by atoms with E-state index in [0.29, 0.717) is 36.8 Å². The molecule has 7 nitrogen and oxygen atoms in total. The number of hydrogen-bond donors (Lipinski definition) is 2. The lowest BCUT2D eigenvalue weighted by atomic mass is 9.96. The first-order chi connectivity index (χ1) is 10.8. The lowest BCUT2D eigenvalue weighted by molar-refractivity contribution is -0.121. The lowest BCUT2D eigenvalue weighted by Crippen LogP contribution is -2.34. The van der Waals surface area contributed by atoms with Crippen LogP contribution in [0.4, 0.5) is 5.69 Å². The number of aromatic nitrogens is 1. The Bertz CT molecular complexity index is 659. The Labute approximate surface area is 138 Å². The first-order valence-corrected chi connectivity index (χ1v) is 8.70. The molecule has 0 aromatic carbocycles. The van der Waals surface area contributed by atoms with Crippen molar-refractivity contribution in [2.45, 2.75) is 32.1 Å². The SMILES string of the molecule is CC(C)COc1ncc(N(C)C)cc1C1(C(=O)N[SH](=O)=O)CC1. The number of amides is 1. The molecule has 1 aliphatic rings. The summed E-state index contributed by atoms with van der Waals surface area (Å²) in [6.45, 7) is 4.53. The van der Waals surface area contributed by atoms with Crippen molar-refractivity contribution in [3.05, 3.63) is 17.8 Å². The molecule has 23 heavy (non-hydrogen) atoms. The van der Waals surface area contributed by atoms with Crippen LogP contribution in [0.15, 0.2) is 12.3 Å². The summed E-state index contributed by atoms with van der Waals surface area (Å²) in [7, 11) is 0.784. The summed E-state index contributed by atoms with van der Waals surface area (Å²) in [5.41, 5.74) is 0.627. The van der Waals surface area contributed by atoms with Crippen LogP contribution in [0.2, 0.25) is 0 Å². The van der Waals surface area contributed by atoms with Crippen LogP contribution in [0.5, 0.6) is 5.88 Å². The molecule has 2 rings (SSSR count). The van der Waals surface area contributed by atoms with Gasteiger partial charge in [0.2, 0.25) is 22.7 Å². The van der Waals surface area contributed by atoms with Crippen molar-refractivity contribution in [2.75, 3.05) is 25.6 Å². The Morgan fingerprint density at radius 3 is 2.57 bits per heavy atom. The van der Waals surface area contributed by atoms with Crippen molar-refractivity contribution in [1.29, 1.82) is 0 Å². The highest BCUT2D eigenvalue weighted by atomic mass is 32.2. The predicted molar refractivity (Wildman–Crippen MR) is 88.3 cm³/mol. The smallest absolute Gasteiger partial charge is 0.244 e. The third-order valence-electron chi connectivity index (χ3n) is 3.80. The maximum absolute atomic E-state index is 12.3. The number of rotatable bonds is 7. The topological polar surface area (TPSA) is 88.6 Å². The van der Waals surface area contributed by atoms with E-state index in [9.17, 15) is 13.2 Å². The van der Waals surface area contributed by atoms with E-state index in [1.54, 1.807) is 6.20 Å². The Morgan fingerprint density at radius 1 is 1.43 bits per heavy atom. The van der Waals surface area contributed by atoms with E-state index in [0.717, 1.165) is 5.69 Å². The summed E-state index contributed by atoms with van der Waals surface area (Å²) in [6.07, 6.45) is 2.85. The molecule has 1 aliphatic carbocycles. The second-order valence-electron chi connectivity index (χ2n) is 6.43. The first-order valence-electron chi connectivity index (χ1n) is 7.52. The molecule has 1 heterocycles. The summed E-state index contributed by atoms with van der Waals surface area (Å²) < 4.78 is 29.4. The molecule has 0 radical (unpaired) electrons. The average Bonchev–Trinajstić information content (AvgIpc) is 3.25. The van der Waals surface area contributed by atoms with Crippen LogP contribution in [0, 0.1) is 5.92 Å². The summed E-state index contributed by atoms with van der Waals surface area (Å²) in [5, 5.41) is 0. The first kappa shape index (κ1) is 17.5. The van der Waals surface area contributed by atoms with Gasteiger partial charge in [-0.2, -0.15) is 0 Å². The van der Waals surface area contributed by atoms with E-state index in [1.165, 1.54) is 0 Å². The van der Waals surface area contributed by atoms with Crippen molar-refractivity contribution >= 4 is 22.5 Å². The van der Waals surface area contributed by atoms with Gasteiger partial charge in [-0.3, -0.25) is 9.52 Å². The second-order valence-corrected chi connectivity index (χ2v) is 7.16. The van der Waals surface area contributed by atoms with Crippen LogP contribution < -0.4 is 14.4 Å². The predicted octanol–water partition coefficient (Wildman–Crippen LogP) is 0.857. The van der Waals surface area contributed by atoms with Gasteiger partial charge in [-0.15, -0.1) is 0 Å². The van der Waals surface area contributed by atoms with E-state index < -0.39 is 22.2 Å². The van der Waals surface area contributed by atoms with E-state index >= 15 is 0 Å². The highest BCUT2D eigenvalue weighted by molar-refractivity contribution is 7.71. The molecule has 0 spiro atoms. The number of hydrogen-bond acceptors (Lipinski definition) is 6. The largest absolute Gasteiger partial charge is 0.477 e. The number of nitrogens with one attached hydrogen (secondary N) is 1. The van der Waals surface area contributed by atoms with Gasteiger partial charge in [-0.1, -0.05) is 13.8 Å². The number of pyridine rings is 1. The maximum Gasteiger partial charge on any atom is 0.244 e. The van der Waals surface area contributed by atoms with Gasteiger partial charge in [-0.25, -0.2) is 13.4 Å². The zero-order valence-electron chi connectivity index (χ0n) is 13.8. The van der Waals surface area contributed by atoms with Gasteiger partial charge in [-0.05, 0) is 24.8 Å². The van der Waals surface area contributed by atoms with E-state index in [1.807, 2.05) is 43.6 Å². The van der Waals surface area contributed by atoms with E-state index in [2.05, 4.69) is 4.98 Å². The summed E-state index contributed by atoms with van der Waals surface area (Å²) >= 11 is 0. The number of carbonyl (C=O) groups is 1. The molecule has 0 unspecified atom stereocenters. The Kier molecular flexibility index (Phi) is 5.13. The van der Waals surface area contributed by atoms with Gasteiger partial charge in [0.25, 0.3) is 0 Å². The highest BCUT2D eigenvalue weighted by Gasteiger charge is 2.53. The molecule has 0 aliphatic heterocycles. The van der Waals surface area contributed by atoms with Crippen molar-refractivity contribution in [2.24, 2.45) is 5.92 Å². The molecule has 0 bridgehead atoms. The Hall–Kier alpha value is -1.83. The van der Waals surface area contributed by atoms with Crippen LogP contribution in [-0.2, 0) is 21.1 Å². The number of ether oxygens (including phenoxy) is 1. The molecule has 1 fully saturated rings. The molecule has 8 heteroatoms. The van der Waals surface area contributed by atoms with Crippen LogP contribution in [0.1, 0.15) is 32.3 Å². The summed E-state index contributed by atoms with van der Waals surface area (Å²) in [6, 6.07) is 1.85. The molecule has 1 aromatic rings. The molecule has 1 saturated carbocycles. The summed E-state index contributed by atoms with van der Waals surface area (Å²) in [4.78, 5) is 18.5. The molecular weight excluding hydrogens is 318 g/mol. The average molecular weight is 341 g/mol. The Morgan fingerprint density at radius 2 is 2.09 bits per heavy atom. The van der Waals surface area contributed by atoms with E-state index in [-0.39, 0.29) is 0 Å². The summed E-state index contributed by atoms with van der Waals surface area (Å²) in [5.74, 6) is 0.206. The van der Waals surface area contributed by atoms with Gasteiger partial charge < -0.3 is 9.64 Å². The zero-order chi connectivity index (χ0) is 17.2. The third kappa shape index (κ3) is 3.93. The molecular formula is C15H23N3O4S. The monoisotopic (exact) mass is 341 g/mol. The van der Waals surface area contributed by atoms with Crippen molar-refractivity contribution in [3.8, 4) is 5.88 Å². The van der Waals surface area contributed by atoms with Crippen LogP contribution >= 0.6 is 0 Å². The molecule has 1 N–H and O–H groups in total. The molecule has 0 atom stereocenters. The van der Waals surface area contributed by atoms with Gasteiger partial charge in [0.15, 0.2) is 0 Å². The third-order valence-corrected chi connectivity index (χ3v) is 4.19. The standard InChI is InChI=1S/C15H23N3O4S/c1-10(2)9-22-13-12(7-11(8-16-13)18(3)4)15(5-6-15)14(19)17-23(20)21/h7-8,10,23H,5-6,9H2,1-4H3,(H,17,19,20,21). The van der Waals surface area contributed by atoms with Crippen LogP contribution in [-0.4, -0.2) is 40.0 Å². The number of thiol groups is 1. The van der Waals surface area contributed by atoms with Crippen molar-refractivity contribution in [1.82, 2.24) is 9.71 Å². The Balaban J connectivity index is 2.40. The molecule has 128 valence electrons. The van der Waals surface area contributed by atoms with Crippen LogP contribution in [0.25, 0.3) is 0 Å². The van der Waals surface area contributed by atoms with Gasteiger partial charge in [0.05, 0.1) is 23.9 Å². The highest BCUT2D eigenvalue weighted by Crippen LogP contribution is 2.51. The minimum atomic E-state index is -2.97. The second kappa shape index (κ2) is 6.74. The van der Waals surface area contributed by atoms with Gasteiger partial charge in [0, 0.05) is 19.7 Å². The maximum atomic E-state index is 12.3. The van der Waals surface area contributed by atoms with E-state index in [4.69, 9.17) is 4.74 Å². The molecule has 1 aromatic heterocycles. The normalized spacial score (nSPS) is 15.6. The lowest BCUT2D eigenvalue weighted by Gasteiger charge is -2.21. The number of carbonyl (C=O) groups excluding carboxylic acids is 1. The minimum absolute atomic E-state index is 0.318. The fraction of sp³-hybridized carbons (Fsp3) is 0.600. The molecule has 1 amide bonds. The van der Waals surface area contributed by atoms with Gasteiger partial charge in [0.1, 0.15) is 0 Å². The van der Waals surface area contributed by atoms with Crippen molar-refractivity contribution in [3.63, 3.8) is 0 Å². The quantitative estimate of drug-likeness (QED) is 0.715. The molecule has 0 saturated heterocycles. The van der Waals surface area contributed by atoms with Crippen molar-refractivity contribution < 1.29 is 17.9 Å². The van der Waals surface area contributed by atoms with Gasteiger partial charge >= 0.3 is 0 Å². The van der Waals surface area contributed by atoms with Crippen LogP contribution in [0.3, 0.4) is 0 Å². The fourth-order valence-corrected chi connectivity index (χ4v) is 2.70. The zero-order valence-corrected chi connectivity index (χ0v) is 14.7.